The molecular weight excluding hydrogens is 480 g/mol. The molecule has 0 unspecified atom stereocenters. The van der Waals surface area contributed by atoms with Crippen molar-refractivity contribution in [3.63, 3.8) is 0 Å². The average molecular weight is 507 g/mol. The first-order valence-electron chi connectivity index (χ1n) is 10.1. The van der Waals surface area contributed by atoms with Crippen LogP contribution in [0, 0.1) is 0 Å². The lowest BCUT2D eigenvalue weighted by atomic mass is 10.1. The van der Waals surface area contributed by atoms with Crippen LogP contribution < -0.4 is 50.6 Å². The van der Waals surface area contributed by atoms with Gasteiger partial charge >= 0.3 is 0 Å². The molecule has 0 aliphatic carbocycles. The van der Waals surface area contributed by atoms with E-state index in [1.165, 1.54) is 12.4 Å². The normalized spacial score (nSPS) is 11.7. The Labute approximate surface area is 210 Å². The first-order valence-corrected chi connectivity index (χ1v) is 10.1. The van der Waals surface area contributed by atoms with Crippen LogP contribution in [0.1, 0.15) is 11.1 Å². The molecule has 0 bridgehead atoms. The second-order valence-electron chi connectivity index (χ2n) is 6.71. The van der Waals surface area contributed by atoms with Crippen molar-refractivity contribution in [2.45, 2.75) is 0 Å². The predicted octanol–water partition coefficient (Wildman–Crippen LogP) is -2.05. The van der Waals surface area contributed by atoms with Gasteiger partial charge in [-0.15, -0.1) is 30.6 Å². The maximum Gasteiger partial charge on any atom is 0.211 e. The molecule has 17 heteroatoms. The van der Waals surface area contributed by atoms with E-state index in [2.05, 4.69) is 40.8 Å². The average Bonchev–Trinajstić information content (AvgIpc) is 2.84. The molecular formula is C20H26N16O. The Hall–Kier alpha value is -6.00. The Morgan fingerprint density at radius 3 is 1.08 bits per heavy atom. The van der Waals surface area contributed by atoms with Gasteiger partial charge in [-0.3, -0.25) is 0 Å². The molecule has 0 fully saturated rings. The summed E-state index contributed by atoms with van der Waals surface area (Å²) >= 11 is 0. The van der Waals surface area contributed by atoms with E-state index in [9.17, 15) is 0 Å². The van der Waals surface area contributed by atoms with Crippen molar-refractivity contribution in [3.05, 3.63) is 59.7 Å². The minimum atomic E-state index is -0.231. The standard InChI is InChI=1S/C20H26N16O/c21-17(22)33-29-9-15(31-35-19(25)26)11-1-5-13(6-2-11)37-14-7-3-12(4-8-14)16(32-36-20(27)28)10-30-34-18(23)24/h1-10H,(H4,21,22,33)(H4,23,24,34)(H4,25,26,35)(H4,27,28,36)/b29-9+,30-10+,31-15+,32-16+. The van der Waals surface area contributed by atoms with E-state index in [1.54, 1.807) is 48.5 Å². The summed E-state index contributed by atoms with van der Waals surface area (Å²) in [5.41, 5.74) is 44.2. The lowest BCUT2D eigenvalue weighted by Crippen LogP contribution is -2.22. The number of rotatable bonds is 10. The molecule has 2 aromatic rings. The van der Waals surface area contributed by atoms with Crippen LogP contribution in [-0.2, 0) is 0 Å². The number of guanidine groups is 4. The summed E-state index contributed by atoms with van der Waals surface area (Å²) < 4.78 is 5.88. The highest BCUT2D eigenvalue weighted by atomic mass is 16.5. The molecule has 37 heavy (non-hydrogen) atoms. The van der Waals surface area contributed by atoms with Crippen molar-refractivity contribution >= 4 is 47.7 Å². The van der Waals surface area contributed by atoms with Gasteiger partial charge in [-0.25, -0.2) is 0 Å². The van der Waals surface area contributed by atoms with E-state index < -0.39 is 0 Å². The summed E-state index contributed by atoms with van der Waals surface area (Å²) in [7, 11) is 0. The maximum absolute atomic E-state index is 5.88. The van der Waals surface area contributed by atoms with Gasteiger partial charge in [-0.05, 0) is 48.5 Å². The van der Waals surface area contributed by atoms with Gasteiger partial charge in [0.2, 0.25) is 23.8 Å². The summed E-state index contributed by atoms with van der Waals surface area (Å²) in [5, 5.41) is 29.6. The summed E-state index contributed by atoms with van der Waals surface area (Å²) in [6.07, 6.45) is 2.58. The molecule has 16 N–H and O–H groups in total. The molecule has 0 radical (unpaired) electrons. The number of hydrogen-bond donors (Lipinski definition) is 8. The summed E-state index contributed by atoms with van der Waals surface area (Å²) in [6.45, 7) is 0. The molecule has 2 rings (SSSR count). The lowest BCUT2D eigenvalue weighted by Gasteiger charge is -2.08. The highest BCUT2D eigenvalue weighted by Gasteiger charge is 2.06. The lowest BCUT2D eigenvalue weighted by molar-refractivity contribution is 0.482. The summed E-state index contributed by atoms with van der Waals surface area (Å²) in [6, 6.07) is 13.7. The fourth-order valence-electron chi connectivity index (χ4n) is 2.36. The Bertz CT molecular complexity index is 1180. The predicted molar refractivity (Wildman–Crippen MR) is 146 cm³/mol. The smallest absolute Gasteiger partial charge is 0.211 e. The Morgan fingerprint density at radius 2 is 0.784 bits per heavy atom. The first kappa shape index (κ1) is 27.2. The fourth-order valence-corrected chi connectivity index (χ4v) is 2.36. The van der Waals surface area contributed by atoms with Crippen molar-refractivity contribution in [3.8, 4) is 11.5 Å². The maximum atomic E-state index is 5.88. The van der Waals surface area contributed by atoms with Crippen LogP contribution in [0.25, 0.3) is 0 Å². The van der Waals surface area contributed by atoms with Gasteiger partial charge in [-0.2, -0.15) is 10.2 Å². The van der Waals surface area contributed by atoms with Crippen molar-refractivity contribution in [1.29, 1.82) is 0 Å². The van der Waals surface area contributed by atoms with Gasteiger partial charge in [0.15, 0.2) is 0 Å². The molecule has 17 nitrogen and oxygen atoms in total. The third kappa shape index (κ3) is 10.2. The van der Waals surface area contributed by atoms with E-state index in [0.717, 1.165) is 0 Å². The molecule has 0 heterocycles. The Kier molecular flexibility index (Phi) is 10.0. The van der Waals surface area contributed by atoms with Crippen molar-refractivity contribution < 1.29 is 4.74 Å². The molecule has 0 amide bonds. The molecule has 0 saturated heterocycles. The van der Waals surface area contributed by atoms with Crippen LogP contribution >= 0.6 is 0 Å². The second kappa shape index (κ2) is 13.6. The topological polar surface area (TPSA) is 316 Å². The third-order valence-corrected chi connectivity index (χ3v) is 3.79. The third-order valence-electron chi connectivity index (χ3n) is 3.79. The molecule has 0 aliphatic heterocycles. The highest BCUT2D eigenvalue weighted by molar-refractivity contribution is 6.38. The van der Waals surface area contributed by atoms with Gasteiger partial charge in [-0.1, -0.05) is 0 Å². The summed E-state index contributed by atoms with van der Waals surface area (Å²) in [4.78, 5) is 0. The number of nitrogens with zero attached hydrogens (tertiary/aromatic N) is 8. The molecule has 0 atom stereocenters. The highest BCUT2D eigenvalue weighted by Crippen LogP contribution is 2.22. The zero-order valence-corrected chi connectivity index (χ0v) is 19.4. The summed E-state index contributed by atoms with van der Waals surface area (Å²) in [5.74, 6) is 0.159. The van der Waals surface area contributed by atoms with Crippen molar-refractivity contribution in [1.82, 2.24) is 0 Å². The fraction of sp³-hybridized carbons (Fsp3) is 0. The van der Waals surface area contributed by atoms with Crippen molar-refractivity contribution in [2.24, 2.45) is 86.7 Å². The monoisotopic (exact) mass is 506 g/mol. The van der Waals surface area contributed by atoms with E-state index >= 15 is 0 Å². The molecule has 2 aromatic carbocycles. The largest absolute Gasteiger partial charge is 0.457 e. The number of nitrogens with two attached hydrogens (primary N) is 8. The second-order valence-corrected chi connectivity index (χ2v) is 6.71. The Morgan fingerprint density at radius 1 is 0.459 bits per heavy atom. The van der Waals surface area contributed by atoms with Crippen LogP contribution in [-0.4, -0.2) is 47.7 Å². The SMILES string of the molecule is NC(N)=N/N=C(\C=N\N=C(N)N)c1ccc(Oc2ccc(C(/C=N/N=C(N)N)=N/N=C(N)N)cc2)cc1. The van der Waals surface area contributed by atoms with E-state index in [4.69, 9.17) is 50.6 Å². The minimum Gasteiger partial charge on any atom is -0.457 e. The van der Waals surface area contributed by atoms with Crippen LogP contribution in [0.3, 0.4) is 0 Å². The molecule has 0 aliphatic rings. The molecule has 192 valence electrons. The van der Waals surface area contributed by atoms with Crippen LogP contribution in [0.4, 0.5) is 0 Å². The molecule has 0 aromatic heterocycles. The van der Waals surface area contributed by atoms with E-state index in [-0.39, 0.29) is 23.8 Å². The number of hydrogen-bond acceptors (Lipinski definition) is 9. The van der Waals surface area contributed by atoms with Gasteiger partial charge in [0.05, 0.1) is 12.4 Å². The van der Waals surface area contributed by atoms with Crippen LogP contribution in [0.15, 0.2) is 89.3 Å². The van der Waals surface area contributed by atoms with Gasteiger partial charge < -0.3 is 50.6 Å². The zero-order valence-electron chi connectivity index (χ0n) is 19.4. The number of benzene rings is 2. The molecule has 0 spiro atoms. The zero-order chi connectivity index (χ0) is 27.2. The molecule has 0 saturated carbocycles. The first-order chi connectivity index (χ1) is 17.6. The van der Waals surface area contributed by atoms with Crippen molar-refractivity contribution in [2.75, 3.05) is 0 Å². The van der Waals surface area contributed by atoms with E-state index in [1.807, 2.05) is 0 Å². The quantitative estimate of drug-likeness (QED) is 0.0996. The Balaban J connectivity index is 2.23. The minimum absolute atomic E-state index is 0.220. The van der Waals surface area contributed by atoms with E-state index in [0.29, 0.717) is 34.0 Å². The number of ether oxygens (including phenoxy) is 1. The van der Waals surface area contributed by atoms with Gasteiger partial charge in [0.25, 0.3) is 0 Å². The van der Waals surface area contributed by atoms with Gasteiger partial charge in [0.1, 0.15) is 22.9 Å². The van der Waals surface area contributed by atoms with Crippen LogP contribution in [0.2, 0.25) is 0 Å². The van der Waals surface area contributed by atoms with Gasteiger partial charge in [0, 0.05) is 11.1 Å². The van der Waals surface area contributed by atoms with Crippen LogP contribution in [0.5, 0.6) is 11.5 Å².